The lowest BCUT2D eigenvalue weighted by molar-refractivity contribution is 0.629. The Morgan fingerprint density at radius 3 is 2.68 bits per heavy atom. The number of guanidine groups is 1. The van der Waals surface area contributed by atoms with Crippen LogP contribution in [-0.2, 0) is 13.0 Å². The summed E-state index contributed by atoms with van der Waals surface area (Å²) in [5, 5.41) is 7.69. The number of H-pyrrole nitrogens is 1. The molecular formula is C20H23FN4. The van der Waals surface area contributed by atoms with Gasteiger partial charge in [-0.1, -0.05) is 29.8 Å². The van der Waals surface area contributed by atoms with Crippen molar-refractivity contribution in [3.63, 3.8) is 0 Å². The summed E-state index contributed by atoms with van der Waals surface area (Å²) >= 11 is 0. The Balaban J connectivity index is 1.51. The van der Waals surface area contributed by atoms with Crippen molar-refractivity contribution in [2.24, 2.45) is 4.99 Å². The maximum absolute atomic E-state index is 13.2. The van der Waals surface area contributed by atoms with Crippen LogP contribution in [0.3, 0.4) is 0 Å². The number of benzene rings is 2. The first-order chi connectivity index (χ1) is 12.2. The number of nitrogens with one attached hydrogen (secondary N) is 3. The van der Waals surface area contributed by atoms with E-state index in [-0.39, 0.29) is 5.82 Å². The van der Waals surface area contributed by atoms with Gasteiger partial charge in [0.1, 0.15) is 5.82 Å². The standard InChI is InChI=1S/C20H23FN4/c1-14-3-5-15(6-4-14)12-25-20(22-2)23-10-9-16-13-24-19-11-17(21)7-8-18(16)19/h3-8,11,13,24H,9-10,12H2,1-2H3,(H2,22,23,25). The molecule has 1 heterocycles. The van der Waals surface area contributed by atoms with Gasteiger partial charge >= 0.3 is 0 Å². The van der Waals surface area contributed by atoms with Gasteiger partial charge in [0.15, 0.2) is 5.96 Å². The average Bonchev–Trinajstić information content (AvgIpc) is 3.01. The summed E-state index contributed by atoms with van der Waals surface area (Å²) < 4.78 is 13.2. The smallest absolute Gasteiger partial charge is 0.191 e. The summed E-state index contributed by atoms with van der Waals surface area (Å²) in [6.45, 7) is 3.56. The predicted octanol–water partition coefficient (Wildman–Crippen LogP) is 3.52. The molecule has 5 heteroatoms. The van der Waals surface area contributed by atoms with Crippen molar-refractivity contribution < 1.29 is 4.39 Å². The third-order valence-corrected chi connectivity index (χ3v) is 4.22. The number of hydrogen-bond acceptors (Lipinski definition) is 1. The number of aliphatic imine (C=N–C) groups is 1. The zero-order valence-electron chi connectivity index (χ0n) is 14.6. The fourth-order valence-corrected chi connectivity index (χ4v) is 2.79. The summed E-state index contributed by atoms with van der Waals surface area (Å²) in [5.41, 5.74) is 4.46. The Morgan fingerprint density at radius 2 is 1.92 bits per heavy atom. The van der Waals surface area contributed by atoms with Gasteiger partial charge in [-0.3, -0.25) is 4.99 Å². The Labute approximate surface area is 147 Å². The molecule has 0 saturated carbocycles. The average molecular weight is 338 g/mol. The lowest BCUT2D eigenvalue weighted by Gasteiger charge is -2.12. The molecule has 0 radical (unpaired) electrons. The quantitative estimate of drug-likeness (QED) is 0.492. The van der Waals surface area contributed by atoms with Crippen LogP contribution >= 0.6 is 0 Å². The van der Waals surface area contributed by atoms with E-state index >= 15 is 0 Å². The summed E-state index contributed by atoms with van der Waals surface area (Å²) in [5.74, 6) is 0.547. The molecule has 0 spiro atoms. The van der Waals surface area contributed by atoms with Crippen LogP contribution in [0.5, 0.6) is 0 Å². The Bertz CT molecular complexity index is 865. The number of aryl methyl sites for hydroxylation is 1. The third-order valence-electron chi connectivity index (χ3n) is 4.22. The summed E-state index contributed by atoms with van der Waals surface area (Å²) in [4.78, 5) is 7.37. The van der Waals surface area contributed by atoms with Crippen LogP contribution in [0, 0.1) is 12.7 Å². The van der Waals surface area contributed by atoms with Crippen molar-refractivity contribution in [2.75, 3.05) is 13.6 Å². The Kier molecular flexibility index (Phi) is 5.33. The molecule has 0 fully saturated rings. The minimum absolute atomic E-state index is 0.222. The van der Waals surface area contributed by atoms with Crippen molar-refractivity contribution in [3.8, 4) is 0 Å². The molecule has 3 aromatic rings. The molecule has 3 rings (SSSR count). The lowest BCUT2D eigenvalue weighted by Crippen LogP contribution is -2.37. The number of fused-ring (bicyclic) bond motifs is 1. The summed E-state index contributed by atoms with van der Waals surface area (Å²) in [6.07, 6.45) is 2.77. The van der Waals surface area contributed by atoms with E-state index in [1.165, 1.54) is 23.3 Å². The summed E-state index contributed by atoms with van der Waals surface area (Å²) in [6, 6.07) is 13.3. The first-order valence-corrected chi connectivity index (χ1v) is 8.41. The third kappa shape index (κ3) is 4.38. The van der Waals surface area contributed by atoms with Crippen LogP contribution in [0.2, 0.25) is 0 Å². The van der Waals surface area contributed by atoms with Crippen molar-refractivity contribution in [1.29, 1.82) is 0 Å². The molecule has 2 aromatic carbocycles. The van der Waals surface area contributed by atoms with Crippen molar-refractivity contribution in [3.05, 3.63) is 71.2 Å². The topological polar surface area (TPSA) is 52.2 Å². The van der Waals surface area contributed by atoms with Gasteiger partial charge < -0.3 is 15.6 Å². The van der Waals surface area contributed by atoms with Gasteiger partial charge in [0.05, 0.1) is 0 Å². The summed E-state index contributed by atoms with van der Waals surface area (Å²) in [7, 11) is 1.76. The Morgan fingerprint density at radius 1 is 1.12 bits per heavy atom. The molecule has 130 valence electrons. The normalized spacial score (nSPS) is 11.7. The highest BCUT2D eigenvalue weighted by atomic mass is 19.1. The first kappa shape index (κ1) is 17.0. The number of aromatic amines is 1. The molecular weight excluding hydrogens is 315 g/mol. The minimum atomic E-state index is -0.222. The molecule has 0 amide bonds. The van der Waals surface area contributed by atoms with Crippen molar-refractivity contribution >= 4 is 16.9 Å². The molecule has 0 atom stereocenters. The zero-order chi connectivity index (χ0) is 17.6. The van der Waals surface area contributed by atoms with Crippen LogP contribution in [0.1, 0.15) is 16.7 Å². The molecule has 4 nitrogen and oxygen atoms in total. The van der Waals surface area contributed by atoms with E-state index in [4.69, 9.17) is 0 Å². The van der Waals surface area contributed by atoms with Crippen LogP contribution in [0.4, 0.5) is 4.39 Å². The second kappa shape index (κ2) is 7.83. The van der Waals surface area contributed by atoms with Gasteiger partial charge in [-0.15, -0.1) is 0 Å². The number of rotatable bonds is 5. The monoisotopic (exact) mass is 338 g/mol. The fourth-order valence-electron chi connectivity index (χ4n) is 2.79. The van der Waals surface area contributed by atoms with Crippen LogP contribution in [-0.4, -0.2) is 24.5 Å². The van der Waals surface area contributed by atoms with Crippen molar-refractivity contribution in [2.45, 2.75) is 19.9 Å². The predicted molar refractivity (Wildman–Crippen MR) is 101 cm³/mol. The maximum atomic E-state index is 13.2. The highest BCUT2D eigenvalue weighted by molar-refractivity contribution is 5.83. The second-order valence-corrected chi connectivity index (χ2v) is 6.09. The number of aromatic nitrogens is 1. The molecule has 0 unspecified atom stereocenters. The first-order valence-electron chi connectivity index (χ1n) is 8.41. The van der Waals surface area contributed by atoms with Gasteiger partial charge in [0.25, 0.3) is 0 Å². The van der Waals surface area contributed by atoms with Crippen LogP contribution in [0.25, 0.3) is 10.9 Å². The van der Waals surface area contributed by atoms with Crippen molar-refractivity contribution in [1.82, 2.24) is 15.6 Å². The van der Waals surface area contributed by atoms with Gasteiger partial charge in [0, 0.05) is 37.2 Å². The number of hydrogen-bond donors (Lipinski definition) is 3. The second-order valence-electron chi connectivity index (χ2n) is 6.09. The van der Waals surface area contributed by atoms with Gasteiger partial charge in [-0.05, 0) is 42.7 Å². The molecule has 25 heavy (non-hydrogen) atoms. The van der Waals surface area contributed by atoms with E-state index in [1.807, 2.05) is 12.3 Å². The molecule has 0 aliphatic rings. The van der Waals surface area contributed by atoms with E-state index in [2.05, 4.69) is 51.8 Å². The number of halogens is 1. The largest absolute Gasteiger partial charge is 0.361 e. The van der Waals surface area contributed by atoms with Crippen LogP contribution < -0.4 is 10.6 Å². The van der Waals surface area contributed by atoms with E-state index in [0.717, 1.165) is 41.9 Å². The molecule has 0 aliphatic heterocycles. The van der Waals surface area contributed by atoms with E-state index in [1.54, 1.807) is 7.05 Å². The van der Waals surface area contributed by atoms with Gasteiger partial charge in [-0.2, -0.15) is 0 Å². The molecule has 0 bridgehead atoms. The maximum Gasteiger partial charge on any atom is 0.191 e. The zero-order valence-corrected chi connectivity index (χ0v) is 14.6. The number of nitrogens with zero attached hydrogens (tertiary/aromatic N) is 1. The highest BCUT2D eigenvalue weighted by Crippen LogP contribution is 2.19. The van der Waals surface area contributed by atoms with Crippen LogP contribution in [0.15, 0.2) is 53.7 Å². The van der Waals surface area contributed by atoms with Gasteiger partial charge in [-0.25, -0.2) is 4.39 Å². The SMILES string of the molecule is CN=C(NCCc1c[nH]c2cc(F)ccc12)NCc1ccc(C)cc1. The molecule has 3 N–H and O–H groups in total. The Hall–Kier alpha value is -2.82. The van der Waals surface area contributed by atoms with E-state index in [9.17, 15) is 4.39 Å². The van der Waals surface area contributed by atoms with E-state index in [0.29, 0.717) is 0 Å². The molecule has 0 saturated heterocycles. The molecule has 1 aromatic heterocycles. The molecule has 0 aliphatic carbocycles. The van der Waals surface area contributed by atoms with Gasteiger partial charge in [0.2, 0.25) is 0 Å². The lowest BCUT2D eigenvalue weighted by atomic mass is 10.1. The minimum Gasteiger partial charge on any atom is -0.361 e. The highest BCUT2D eigenvalue weighted by Gasteiger charge is 2.05. The van der Waals surface area contributed by atoms with E-state index < -0.39 is 0 Å². The fraction of sp³-hybridized carbons (Fsp3) is 0.250.